The van der Waals surface area contributed by atoms with Crippen LogP contribution in [0.15, 0.2) is 128 Å². The molecule has 34 heavy (non-hydrogen) atoms. The number of benzene rings is 4. The molecular formula is C31H23N3. The summed E-state index contributed by atoms with van der Waals surface area (Å²) < 4.78 is 4.64. The van der Waals surface area contributed by atoms with Gasteiger partial charge >= 0.3 is 0 Å². The molecule has 0 fully saturated rings. The van der Waals surface area contributed by atoms with Crippen molar-refractivity contribution in [3.8, 4) is 5.69 Å². The van der Waals surface area contributed by atoms with Gasteiger partial charge in [0.1, 0.15) is 0 Å². The Labute approximate surface area is 197 Å². The predicted octanol–water partition coefficient (Wildman–Crippen LogP) is 7.44. The number of hydrogen-bond donors (Lipinski definition) is 1. The molecule has 1 atom stereocenters. The smallest absolute Gasteiger partial charge is 0.0697 e. The first kappa shape index (κ1) is 19.0. The molecule has 1 unspecified atom stereocenters. The van der Waals surface area contributed by atoms with Gasteiger partial charge in [-0.2, -0.15) is 0 Å². The number of rotatable bonds is 3. The van der Waals surface area contributed by atoms with Gasteiger partial charge in [-0.25, -0.2) is 0 Å². The summed E-state index contributed by atoms with van der Waals surface area (Å²) in [7, 11) is 0. The highest BCUT2D eigenvalue weighted by molar-refractivity contribution is 6.14. The predicted molar refractivity (Wildman–Crippen MR) is 142 cm³/mol. The minimum absolute atomic E-state index is 0.181. The van der Waals surface area contributed by atoms with Crippen LogP contribution in [-0.4, -0.2) is 9.13 Å². The molecule has 7 rings (SSSR count). The maximum absolute atomic E-state index is 3.60. The maximum atomic E-state index is 3.60. The van der Waals surface area contributed by atoms with E-state index in [0.29, 0.717) is 0 Å². The number of nitrogens with one attached hydrogen (secondary N) is 1. The van der Waals surface area contributed by atoms with Crippen molar-refractivity contribution in [1.29, 1.82) is 0 Å². The molecule has 0 aliphatic carbocycles. The van der Waals surface area contributed by atoms with Gasteiger partial charge in [0.2, 0.25) is 0 Å². The second-order valence-corrected chi connectivity index (χ2v) is 8.79. The standard InChI is InChI=1S/C31H23N3/c1-3-9-22(10-4-1)28-16-15-25(21-32-28)34-29-14-8-7-13-26(29)27-19-23-17-18-33(30(23)20-31(27)34)24-11-5-2-6-12-24/h1-21,28,32H. The summed E-state index contributed by atoms with van der Waals surface area (Å²) >= 11 is 0. The Morgan fingerprint density at radius 2 is 1.41 bits per heavy atom. The minimum atomic E-state index is 0.181. The Kier molecular flexibility index (Phi) is 4.21. The summed E-state index contributed by atoms with van der Waals surface area (Å²) in [4.78, 5) is 0. The Morgan fingerprint density at radius 1 is 0.647 bits per heavy atom. The molecule has 162 valence electrons. The molecule has 3 nitrogen and oxygen atoms in total. The van der Waals surface area contributed by atoms with Gasteiger partial charge < -0.3 is 14.5 Å². The number of dihydropyridines is 1. The van der Waals surface area contributed by atoms with Gasteiger partial charge in [0.25, 0.3) is 0 Å². The van der Waals surface area contributed by atoms with Crippen molar-refractivity contribution in [3.63, 3.8) is 0 Å². The topological polar surface area (TPSA) is 21.9 Å². The Bertz CT molecular complexity index is 1720. The summed E-state index contributed by atoms with van der Waals surface area (Å²) in [6.07, 6.45) is 8.79. The van der Waals surface area contributed by atoms with Crippen LogP contribution in [0.2, 0.25) is 0 Å². The van der Waals surface area contributed by atoms with Crippen LogP contribution in [-0.2, 0) is 0 Å². The van der Waals surface area contributed by atoms with Crippen LogP contribution >= 0.6 is 0 Å². The van der Waals surface area contributed by atoms with Gasteiger partial charge in [0, 0.05) is 34.2 Å². The molecule has 2 aromatic heterocycles. The average molecular weight is 438 g/mol. The van der Waals surface area contributed by atoms with Gasteiger partial charge in [-0.3, -0.25) is 0 Å². The number of para-hydroxylation sites is 2. The molecule has 0 bridgehead atoms. The first-order valence-electron chi connectivity index (χ1n) is 11.7. The first-order chi connectivity index (χ1) is 16.9. The fraction of sp³-hybridized carbons (Fsp3) is 0.0323. The molecule has 3 heteroatoms. The van der Waals surface area contributed by atoms with Crippen molar-refractivity contribution in [2.24, 2.45) is 0 Å². The zero-order chi connectivity index (χ0) is 22.5. The van der Waals surface area contributed by atoms with Crippen molar-refractivity contribution in [2.45, 2.75) is 6.04 Å². The van der Waals surface area contributed by atoms with Crippen molar-refractivity contribution in [1.82, 2.24) is 14.5 Å². The van der Waals surface area contributed by atoms with Crippen molar-refractivity contribution >= 4 is 38.4 Å². The Balaban J connectivity index is 1.43. The SMILES string of the molecule is C1=CC(c2ccccc2)NC=C1n1c2ccccc2c2cc3ccn(-c4ccccc4)c3cc21. The van der Waals surface area contributed by atoms with Gasteiger partial charge in [-0.05, 0) is 48.0 Å². The number of nitrogens with zero attached hydrogens (tertiary/aromatic N) is 2. The second kappa shape index (κ2) is 7.53. The zero-order valence-electron chi connectivity index (χ0n) is 18.6. The molecule has 1 aliphatic heterocycles. The Hall–Kier alpha value is -4.50. The fourth-order valence-electron chi connectivity index (χ4n) is 5.17. The number of fused-ring (bicyclic) bond motifs is 4. The summed E-state index contributed by atoms with van der Waals surface area (Å²) in [5, 5.41) is 7.38. The minimum Gasteiger partial charge on any atom is -0.379 e. The molecule has 0 radical (unpaired) electrons. The molecule has 0 spiro atoms. The first-order valence-corrected chi connectivity index (χ1v) is 11.7. The summed E-state index contributed by atoms with van der Waals surface area (Å²) in [6.45, 7) is 0. The lowest BCUT2D eigenvalue weighted by Crippen LogP contribution is -2.17. The monoisotopic (exact) mass is 437 g/mol. The van der Waals surface area contributed by atoms with E-state index in [4.69, 9.17) is 0 Å². The van der Waals surface area contributed by atoms with Crippen molar-refractivity contribution in [3.05, 3.63) is 133 Å². The quantitative estimate of drug-likeness (QED) is 0.305. The highest BCUT2D eigenvalue weighted by Crippen LogP contribution is 2.36. The van der Waals surface area contributed by atoms with E-state index in [9.17, 15) is 0 Å². The normalized spacial score (nSPS) is 15.6. The molecular weight excluding hydrogens is 414 g/mol. The lowest BCUT2D eigenvalue weighted by molar-refractivity contribution is 0.745. The van der Waals surface area contributed by atoms with Crippen LogP contribution in [0.25, 0.3) is 44.1 Å². The van der Waals surface area contributed by atoms with Gasteiger partial charge in [0.15, 0.2) is 0 Å². The van der Waals surface area contributed by atoms with E-state index >= 15 is 0 Å². The third kappa shape index (κ3) is 2.91. The van der Waals surface area contributed by atoms with E-state index in [-0.39, 0.29) is 6.04 Å². The fourth-order valence-corrected chi connectivity index (χ4v) is 5.17. The molecule has 3 heterocycles. The highest BCUT2D eigenvalue weighted by Gasteiger charge is 2.17. The molecule has 0 saturated heterocycles. The van der Waals surface area contributed by atoms with Crippen LogP contribution in [0.3, 0.4) is 0 Å². The number of hydrogen-bond acceptors (Lipinski definition) is 1. The maximum Gasteiger partial charge on any atom is 0.0697 e. The van der Waals surface area contributed by atoms with E-state index in [2.05, 4.69) is 142 Å². The number of allylic oxidation sites excluding steroid dienone is 2. The van der Waals surface area contributed by atoms with Crippen LogP contribution in [0.1, 0.15) is 11.6 Å². The Morgan fingerprint density at radius 3 is 2.21 bits per heavy atom. The van der Waals surface area contributed by atoms with E-state index in [1.807, 2.05) is 0 Å². The molecule has 6 aromatic rings. The van der Waals surface area contributed by atoms with Crippen molar-refractivity contribution in [2.75, 3.05) is 0 Å². The largest absolute Gasteiger partial charge is 0.379 e. The molecule has 1 aliphatic rings. The van der Waals surface area contributed by atoms with Crippen LogP contribution in [0, 0.1) is 0 Å². The summed E-state index contributed by atoms with van der Waals surface area (Å²) in [5.74, 6) is 0. The number of aromatic nitrogens is 2. The van der Waals surface area contributed by atoms with E-state index in [1.165, 1.54) is 44.0 Å². The van der Waals surface area contributed by atoms with E-state index < -0.39 is 0 Å². The van der Waals surface area contributed by atoms with Gasteiger partial charge in [-0.15, -0.1) is 0 Å². The highest BCUT2D eigenvalue weighted by atomic mass is 15.0. The summed E-state index contributed by atoms with van der Waals surface area (Å²) in [6, 6.07) is 36.8. The van der Waals surface area contributed by atoms with Gasteiger partial charge in [-0.1, -0.05) is 72.8 Å². The molecule has 0 saturated carbocycles. The lowest BCUT2D eigenvalue weighted by atomic mass is 10.0. The van der Waals surface area contributed by atoms with Crippen LogP contribution in [0.4, 0.5) is 0 Å². The van der Waals surface area contributed by atoms with E-state index in [0.717, 1.165) is 5.70 Å². The molecule has 1 N–H and O–H groups in total. The third-order valence-corrected chi connectivity index (χ3v) is 6.81. The molecule has 4 aromatic carbocycles. The summed E-state index contributed by atoms with van der Waals surface area (Å²) in [5.41, 5.74) is 7.20. The van der Waals surface area contributed by atoms with Crippen molar-refractivity contribution < 1.29 is 0 Å². The zero-order valence-corrected chi connectivity index (χ0v) is 18.6. The molecule has 0 amide bonds. The van der Waals surface area contributed by atoms with Crippen LogP contribution < -0.4 is 5.32 Å². The average Bonchev–Trinajstić information content (AvgIpc) is 3.47. The van der Waals surface area contributed by atoms with E-state index in [1.54, 1.807) is 0 Å². The lowest BCUT2D eigenvalue weighted by Gasteiger charge is -2.20. The third-order valence-electron chi connectivity index (χ3n) is 6.81. The van der Waals surface area contributed by atoms with Crippen LogP contribution in [0.5, 0.6) is 0 Å². The van der Waals surface area contributed by atoms with Gasteiger partial charge in [0.05, 0.1) is 28.3 Å². The second-order valence-electron chi connectivity index (χ2n) is 8.79.